The smallest absolute Gasteiger partial charge is 0.408 e. The van der Waals surface area contributed by atoms with E-state index in [1.165, 1.54) is 0 Å². The highest BCUT2D eigenvalue weighted by molar-refractivity contribution is 7.99. The van der Waals surface area contributed by atoms with Crippen LogP contribution in [0, 0.1) is 0 Å². The molecule has 0 aliphatic carbocycles. The number of aliphatic hydroxyl groups is 1. The van der Waals surface area contributed by atoms with Crippen molar-refractivity contribution in [2.45, 2.75) is 68.1 Å². The molecule has 0 aliphatic heterocycles. The van der Waals surface area contributed by atoms with Crippen molar-refractivity contribution in [3.63, 3.8) is 0 Å². The van der Waals surface area contributed by atoms with E-state index in [0.717, 1.165) is 26.7 Å². The first-order chi connectivity index (χ1) is 17.0. The summed E-state index contributed by atoms with van der Waals surface area (Å²) in [6.07, 6.45) is 0.557. The Morgan fingerprint density at radius 1 is 0.972 bits per heavy atom. The van der Waals surface area contributed by atoms with Gasteiger partial charge in [-0.05, 0) is 82.0 Å². The lowest BCUT2D eigenvalue weighted by molar-refractivity contribution is 0.0407. The fourth-order valence-electron chi connectivity index (χ4n) is 3.44. The SMILES string of the molecule is CC(CO)(CCc1ccc(Sc2cccc(OCc3ccccc3)c2)cc1Cl)NC(=O)OC(C)(C)C. The summed E-state index contributed by atoms with van der Waals surface area (Å²) >= 11 is 8.21. The van der Waals surface area contributed by atoms with E-state index in [-0.39, 0.29) is 6.61 Å². The number of rotatable bonds is 10. The number of hydrogen-bond donors (Lipinski definition) is 2. The molecule has 3 aromatic carbocycles. The summed E-state index contributed by atoms with van der Waals surface area (Å²) in [6.45, 7) is 7.51. The second-order valence-electron chi connectivity index (χ2n) is 9.95. The maximum Gasteiger partial charge on any atom is 0.408 e. The van der Waals surface area contributed by atoms with Gasteiger partial charge in [0.15, 0.2) is 0 Å². The second-order valence-corrected chi connectivity index (χ2v) is 11.5. The minimum absolute atomic E-state index is 0.208. The third kappa shape index (κ3) is 9.08. The number of ether oxygens (including phenoxy) is 2. The van der Waals surface area contributed by atoms with Gasteiger partial charge in [-0.2, -0.15) is 0 Å². The molecule has 0 heterocycles. The van der Waals surface area contributed by atoms with Crippen LogP contribution in [0.3, 0.4) is 0 Å². The van der Waals surface area contributed by atoms with Gasteiger partial charge in [0.2, 0.25) is 0 Å². The monoisotopic (exact) mass is 527 g/mol. The van der Waals surface area contributed by atoms with E-state index in [0.29, 0.717) is 24.5 Å². The molecule has 7 heteroatoms. The molecule has 0 saturated carbocycles. The van der Waals surface area contributed by atoms with Crippen molar-refractivity contribution in [3.8, 4) is 5.75 Å². The van der Waals surface area contributed by atoms with Crippen molar-refractivity contribution in [2.24, 2.45) is 0 Å². The maximum atomic E-state index is 12.2. The number of benzene rings is 3. The molecule has 1 amide bonds. The summed E-state index contributed by atoms with van der Waals surface area (Å²) < 4.78 is 11.3. The van der Waals surface area contributed by atoms with Crippen LogP contribution < -0.4 is 10.1 Å². The first-order valence-corrected chi connectivity index (χ1v) is 13.1. The van der Waals surface area contributed by atoms with Crippen LogP contribution in [0.5, 0.6) is 5.75 Å². The van der Waals surface area contributed by atoms with Crippen molar-refractivity contribution >= 4 is 29.5 Å². The average molecular weight is 528 g/mol. The molecule has 0 aliphatic rings. The summed E-state index contributed by atoms with van der Waals surface area (Å²) in [6, 6.07) is 24.0. The molecule has 2 N–H and O–H groups in total. The largest absolute Gasteiger partial charge is 0.489 e. The van der Waals surface area contributed by atoms with Crippen LogP contribution in [0.25, 0.3) is 0 Å². The van der Waals surface area contributed by atoms with Gasteiger partial charge in [0, 0.05) is 14.8 Å². The van der Waals surface area contributed by atoms with E-state index in [2.05, 4.69) is 5.32 Å². The Hall–Kier alpha value is -2.67. The highest BCUT2D eigenvalue weighted by atomic mass is 35.5. The first kappa shape index (κ1) is 27.9. The number of aliphatic hydroxyl groups excluding tert-OH is 1. The Kier molecular flexibility index (Phi) is 9.71. The van der Waals surface area contributed by atoms with Crippen LogP contribution in [0.2, 0.25) is 5.02 Å². The maximum absolute atomic E-state index is 12.2. The van der Waals surface area contributed by atoms with E-state index in [1.54, 1.807) is 39.5 Å². The number of carbonyl (C=O) groups is 1. The quantitative estimate of drug-likeness (QED) is 0.290. The Morgan fingerprint density at radius 3 is 2.36 bits per heavy atom. The molecule has 1 unspecified atom stereocenters. The Morgan fingerprint density at radius 2 is 1.69 bits per heavy atom. The average Bonchev–Trinajstić information content (AvgIpc) is 2.82. The van der Waals surface area contributed by atoms with E-state index >= 15 is 0 Å². The number of carbonyl (C=O) groups excluding carboxylic acids is 1. The zero-order valence-corrected chi connectivity index (χ0v) is 22.8. The van der Waals surface area contributed by atoms with Gasteiger partial charge in [0.05, 0.1) is 12.1 Å². The molecule has 192 valence electrons. The van der Waals surface area contributed by atoms with Crippen LogP contribution in [-0.4, -0.2) is 28.9 Å². The summed E-state index contributed by atoms with van der Waals surface area (Å²) in [7, 11) is 0. The fraction of sp³-hybridized carbons (Fsp3) is 0.345. The molecule has 1 atom stereocenters. The van der Waals surface area contributed by atoms with E-state index in [9.17, 15) is 9.90 Å². The molecular formula is C29H34ClNO4S. The third-order valence-corrected chi connectivity index (χ3v) is 6.74. The van der Waals surface area contributed by atoms with Gasteiger partial charge in [-0.15, -0.1) is 0 Å². The van der Waals surface area contributed by atoms with Crippen LogP contribution in [0.4, 0.5) is 4.79 Å². The van der Waals surface area contributed by atoms with E-state index in [4.69, 9.17) is 21.1 Å². The van der Waals surface area contributed by atoms with E-state index < -0.39 is 17.2 Å². The molecule has 5 nitrogen and oxygen atoms in total. The lowest BCUT2D eigenvalue weighted by Crippen LogP contribution is -2.50. The zero-order valence-electron chi connectivity index (χ0n) is 21.2. The summed E-state index contributed by atoms with van der Waals surface area (Å²) in [5, 5.41) is 13.3. The molecule has 3 rings (SSSR count). The number of amides is 1. The molecular weight excluding hydrogens is 494 g/mol. The number of alkyl carbamates (subject to hydrolysis) is 1. The zero-order chi connectivity index (χ0) is 26.2. The normalized spacial score (nSPS) is 13.1. The fourth-order valence-corrected chi connectivity index (χ4v) is 4.69. The van der Waals surface area contributed by atoms with Crippen molar-refractivity contribution in [3.05, 3.63) is 88.9 Å². The number of hydrogen-bond acceptors (Lipinski definition) is 5. The van der Waals surface area contributed by atoms with Crippen molar-refractivity contribution < 1.29 is 19.4 Å². The highest BCUT2D eigenvalue weighted by Crippen LogP contribution is 2.33. The predicted octanol–water partition coefficient (Wildman–Crippen LogP) is 7.28. The van der Waals surface area contributed by atoms with Gasteiger partial charge in [0.1, 0.15) is 18.0 Å². The highest BCUT2D eigenvalue weighted by Gasteiger charge is 2.28. The molecule has 0 radical (unpaired) electrons. The Labute approximate surface area is 223 Å². The minimum Gasteiger partial charge on any atom is -0.489 e. The Balaban J connectivity index is 1.58. The summed E-state index contributed by atoms with van der Waals surface area (Å²) in [5.74, 6) is 0.812. The van der Waals surface area contributed by atoms with Gasteiger partial charge in [-0.3, -0.25) is 0 Å². The molecule has 0 spiro atoms. The van der Waals surface area contributed by atoms with E-state index in [1.807, 2.05) is 72.8 Å². The lowest BCUT2D eigenvalue weighted by Gasteiger charge is -2.30. The molecule has 3 aromatic rings. The summed E-state index contributed by atoms with van der Waals surface area (Å²) in [4.78, 5) is 14.3. The predicted molar refractivity (Wildman–Crippen MR) is 146 cm³/mol. The third-order valence-electron chi connectivity index (χ3n) is 5.41. The number of aryl methyl sites for hydroxylation is 1. The molecule has 0 fully saturated rings. The number of nitrogens with one attached hydrogen (secondary N) is 1. The van der Waals surface area contributed by atoms with Gasteiger partial charge >= 0.3 is 6.09 Å². The van der Waals surface area contributed by atoms with Crippen LogP contribution >= 0.6 is 23.4 Å². The lowest BCUT2D eigenvalue weighted by atomic mass is 9.94. The second kappa shape index (κ2) is 12.5. The standard InChI is InChI=1S/C29H34ClNO4S/c1-28(2,3)35-27(33)31-29(4,20-32)16-15-22-13-14-25(18-26(22)30)36-24-12-8-11-23(17-24)34-19-21-9-6-5-7-10-21/h5-14,17-18,32H,15-16,19-20H2,1-4H3,(H,31,33). The molecule has 36 heavy (non-hydrogen) atoms. The van der Waals surface area contributed by atoms with Crippen LogP contribution in [0.15, 0.2) is 82.6 Å². The van der Waals surface area contributed by atoms with Crippen molar-refractivity contribution in [1.29, 1.82) is 0 Å². The summed E-state index contributed by atoms with van der Waals surface area (Å²) in [5.41, 5.74) is 0.646. The van der Waals surface area contributed by atoms with Gasteiger partial charge in [0.25, 0.3) is 0 Å². The van der Waals surface area contributed by atoms with Gasteiger partial charge < -0.3 is 19.9 Å². The van der Waals surface area contributed by atoms with Crippen LogP contribution in [0.1, 0.15) is 45.2 Å². The van der Waals surface area contributed by atoms with Gasteiger partial charge in [-0.25, -0.2) is 4.79 Å². The minimum atomic E-state index is -0.820. The first-order valence-electron chi connectivity index (χ1n) is 11.9. The van der Waals surface area contributed by atoms with Crippen molar-refractivity contribution in [1.82, 2.24) is 5.32 Å². The van der Waals surface area contributed by atoms with Crippen LogP contribution in [-0.2, 0) is 17.8 Å². The van der Waals surface area contributed by atoms with Gasteiger partial charge in [-0.1, -0.05) is 65.8 Å². The van der Waals surface area contributed by atoms with Crippen molar-refractivity contribution in [2.75, 3.05) is 6.61 Å². The molecule has 0 saturated heterocycles. The molecule has 0 aromatic heterocycles. The topological polar surface area (TPSA) is 67.8 Å². The Bertz CT molecular complexity index is 1150. The molecule has 0 bridgehead atoms. The number of halogens is 1.